The Kier molecular flexibility index (Phi) is 5.63. The molecule has 22 heavy (non-hydrogen) atoms. The second-order valence-electron chi connectivity index (χ2n) is 5.16. The third-order valence-electron chi connectivity index (χ3n) is 3.74. The number of carbonyl (C=O) groups is 2. The lowest BCUT2D eigenvalue weighted by Crippen LogP contribution is -2.51. The maximum atomic E-state index is 12.5. The molecule has 0 spiro atoms. The fraction of sp³-hybridized carbons (Fsp3) is 0.500. The molecule has 6 heteroatoms. The van der Waals surface area contributed by atoms with Gasteiger partial charge in [0.2, 0.25) is 6.41 Å². The Morgan fingerprint density at radius 1 is 1.27 bits per heavy atom. The molecule has 1 atom stereocenters. The Morgan fingerprint density at radius 3 is 2.55 bits per heavy atom. The lowest BCUT2D eigenvalue weighted by molar-refractivity contribution is -0.142. The van der Waals surface area contributed by atoms with Gasteiger partial charge in [0.05, 0.1) is 7.11 Å². The molecule has 1 saturated heterocycles. The second-order valence-corrected chi connectivity index (χ2v) is 5.16. The number of benzene rings is 1. The number of ether oxygens (including phenoxy) is 2. The summed E-state index contributed by atoms with van der Waals surface area (Å²) in [7, 11) is 1.59. The van der Waals surface area contributed by atoms with Crippen LogP contribution in [-0.2, 0) is 9.59 Å². The van der Waals surface area contributed by atoms with Gasteiger partial charge in [0.1, 0.15) is 11.5 Å². The van der Waals surface area contributed by atoms with Crippen LogP contribution in [0.25, 0.3) is 0 Å². The maximum Gasteiger partial charge on any atom is 0.263 e. The first-order valence-electron chi connectivity index (χ1n) is 7.46. The Balaban J connectivity index is 1.98. The predicted molar refractivity (Wildman–Crippen MR) is 81.9 cm³/mol. The van der Waals surface area contributed by atoms with Gasteiger partial charge in [-0.1, -0.05) is 13.0 Å². The lowest BCUT2D eigenvalue weighted by atomic mass is 10.2. The van der Waals surface area contributed by atoms with Crippen molar-refractivity contribution in [2.45, 2.75) is 19.4 Å². The molecule has 0 N–H and O–H groups in total. The first-order valence-corrected chi connectivity index (χ1v) is 7.46. The summed E-state index contributed by atoms with van der Waals surface area (Å²) in [6, 6.07) is 7.23. The highest BCUT2D eigenvalue weighted by molar-refractivity contribution is 5.81. The smallest absolute Gasteiger partial charge is 0.263 e. The molecule has 2 amide bonds. The summed E-state index contributed by atoms with van der Waals surface area (Å²) in [6.07, 6.45) is 0.894. The van der Waals surface area contributed by atoms with Gasteiger partial charge in [-0.15, -0.1) is 0 Å². The maximum absolute atomic E-state index is 12.5. The molecule has 0 unspecified atom stereocenters. The number of amides is 2. The summed E-state index contributed by atoms with van der Waals surface area (Å²) < 4.78 is 11.0. The number of piperazine rings is 1. The van der Waals surface area contributed by atoms with Crippen LogP contribution in [0.15, 0.2) is 24.3 Å². The van der Waals surface area contributed by atoms with Crippen molar-refractivity contribution in [2.75, 3.05) is 33.3 Å². The van der Waals surface area contributed by atoms with E-state index in [9.17, 15) is 9.59 Å². The molecule has 1 aliphatic heterocycles. The molecule has 6 nitrogen and oxygen atoms in total. The molecule has 2 rings (SSSR count). The third kappa shape index (κ3) is 3.90. The highest BCUT2D eigenvalue weighted by atomic mass is 16.5. The highest BCUT2D eigenvalue weighted by Gasteiger charge is 2.27. The van der Waals surface area contributed by atoms with Crippen LogP contribution < -0.4 is 9.47 Å². The number of hydrogen-bond donors (Lipinski definition) is 0. The van der Waals surface area contributed by atoms with Gasteiger partial charge in [-0.3, -0.25) is 9.59 Å². The zero-order valence-electron chi connectivity index (χ0n) is 13.0. The van der Waals surface area contributed by atoms with Gasteiger partial charge < -0.3 is 19.3 Å². The van der Waals surface area contributed by atoms with Crippen molar-refractivity contribution in [3.63, 3.8) is 0 Å². The average Bonchev–Trinajstić information content (AvgIpc) is 2.59. The van der Waals surface area contributed by atoms with E-state index < -0.39 is 6.10 Å². The molecule has 120 valence electrons. The minimum absolute atomic E-state index is 0.0316. The molecule has 1 fully saturated rings. The van der Waals surface area contributed by atoms with Crippen molar-refractivity contribution in [1.82, 2.24) is 9.80 Å². The van der Waals surface area contributed by atoms with Crippen LogP contribution in [0.3, 0.4) is 0 Å². The largest absolute Gasteiger partial charge is 0.497 e. The van der Waals surface area contributed by atoms with E-state index in [1.54, 1.807) is 23.0 Å². The lowest BCUT2D eigenvalue weighted by Gasteiger charge is -2.34. The van der Waals surface area contributed by atoms with E-state index in [4.69, 9.17) is 9.47 Å². The summed E-state index contributed by atoms with van der Waals surface area (Å²) in [5, 5.41) is 0. The van der Waals surface area contributed by atoms with Crippen molar-refractivity contribution >= 4 is 12.3 Å². The van der Waals surface area contributed by atoms with E-state index in [-0.39, 0.29) is 5.91 Å². The van der Waals surface area contributed by atoms with E-state index >= 15 is 0 Å². The van der Waals surface area contributed by atoms with Crippen LogP contribution in [0.5, 0.6) is 11.5 Å². The fourth-order valence-electron chi connectivity index (χ4n) is 2.40. The summed E-state index contributed by atoms with van der Waals surface area (Å²) in [5.41, 5.74) is 0. The van der Waals surface area contributed by atoms with Gasteiger partial charge in [-0.25, -0.2) is 0 Å². The summed E-state index contributed by atoms with van der Waals surface area (Å²) in [6.45, 7) is 4.17. The molecule has 1 aliphatic rings. The Morgan fingerprint density at radius 2 is 1.95 bits per heavy atom. The highest BCUT2D eigenvalue weighted by Crippen LogP contribution is 2.21. The van der Waals surface area contributed by atoms with Gasteiger partial charge in [0, 0.05) is 32.2 Å². The molecule has 0 radical (unpaired) electrons. The zero-order chi connectivity index (χ0) is 15.9. The normalized spacial score (nSPS) is 16.1. The van der Waals surface area contributed by atoms with Gasteiger partial charge in [-0.2, -0.15) is 0 Å². The minimum atomic E-state index is -0.519. The summed E-state index contributed by atoms with van der Waals surface area (Å²) in [4.78, 5) is 26.7. The van der Waals surface area contributed by atoms with Gasteiger partial charge >= 0.3 is 0 Å². The number of nitrogens with zero attached hydrogens (tertiary/aromatic N) is 2. The number of hydrogen-bond acceptors (Lipinski definition) is 4. The van der Waals surface area contributed by atoms with Crippen molar-refractivity contribution in [3.8, 4) is 11.5 Å². The SMILES string of the molecule is CC[C@@H](Oc1cccc(OC)c1)C(=O)N1CCN(C=O)CC1. The first-order chi connectivity index (χ1) is 10.7. The van der Waals surface area contributed by atoms with E-state index in [0.29, 0.717) is 44.1 Å². The topological polar surface area (TPSA) is 59.1 Å². The Bertz CT molecular complexity index is 513. The van der Waals surface area contributed by atoms with Crippen LogP contribution >= 0.6 is 0 Å². The van der Waals surface area contributed by atoms with Crippen LogP contribution in [0, 0.1) is 0 Å². The Labute approximate surface area is 130 Å². The first kappa shape index (κ1) is 16.1. The third-order valence-corrected chi connectivity index (χ3v) is 3.74. The van der Waals surface area contributed by atoms with Crippen LogP contribution in [0.2, 0.25) is 0 Å². The van der Waals surface area contributed by atoms with E-state index in [0.717, 1.165) is 6.41 Å². The van der Waals surface area contributed by atoms with Gasteiger partial charge in [0.25, 0.3) is 5.91 Å². The number of carbonyl (C=O) groups excluding carboxylic acids is 2. The second kappa shape index (κ2) is 7.68. The molecule has 1 heterocycles. The number of methoxy groups -OCH3 is 1. The molecular formula is C16H22N2O4. The monoisotopic (exact) mass is 306 g/mol. The van der Waals surface area contributed by atoms with Crippen molar-refractivity contribution in [3.05, 3.63) is 24.3 Å². The van der Waals surface area contributed by atoms with E-state index in [2.05, 4.69) is 0 Å². The van der Waals surface area contributed by atoms with Crippen LogP contribution in [-0.4, -0.2) is 61.5 Å². The van der Waals surface area contributed by atoms with E-state index in [1.807, 2.05) is 25.1 Å². The standard InChI is InChI=1S/C16H22N2O4/c1-3-15(22-14-6-4-5-13(11-14)21-2)16(20)18-9-7-17(12-19)8-10-18/h4-6,11-12,15H,3,7-10H2,1-2H3/t15-/m1/s1. The van der Waals surface area contributed by atoms with Crippen LogP contribution in [0.4, 0.5) is 0 Å². The molecule has 1 aromatic rings. The van der Waals surface area contributed by atoms with Crippen molar-refractivity contribution < 1.29 is 19.1 Å². The minimum Gasteiger partial charge on any atom is -0.497 e. The summed E-state index contributed by atoms with van der Waals surface area (Å²) >= 11 is 0. The van der Waals surface area contributed by atoms with Gasteiger partial charge in [0.15, 0.2) is 6.10 Å². The van der Waals surface area contributed by atoms with Crippen LogP contribution in [0.1, 0.15) is 13.3 Å². The number of rotatable bonds is 6. The van der Waals surface area contributed by atoms with Crippen molar-refractivity contribution in [2.24, 2.45) is 0 Å². The molecule has 0 aromatic heterocycles. The Hall–Kier alpha value is -2.24. The molecule has 0 aliphatic carbocycles. The zero-order valence-corrected chi connectivity index (χ0v) is 13.0. The van der Waals surface area contributed by atoms with Gasteiger partial charge in [-0.05, 0) is 18.6 Å². The van der Waals surface area contributed by atoms with Crippen molar-refractivity contribution in [1.29, 1.82) is 0 Å². The average molecular weight is 306 g/mol. The molecule has 0 saturated carbocycles. The molecule has 1 aromatic carbocycles. The quantitative estimate of drug-likeness (QED) is 0.740. The molecular weight excluding hydrogens is 284 g/mol. The van der Waals surface area contributed by atoms with E-state index in [1.165, 1.54) is 0 Å². The molecule has 0 bridgehead atoms. The predicted octanol–water partition coefficient (Wildman–Crippen LogP) is 1.15. The fourth-order valence-corrected chi connectivity index (χ4v) is 2.40. The summed E-state index contributed by atoms with van der Waals surface area (Å²) in [5.74, 6) is 1.28.